The fourth-order valence-corrected chi connectivity index (χ4v) is 3.11. The molecule has 1 aliphatic heterocycles. The van der Waals surface area contributed by atoms with E-state index in [0.29, 0.717) is 35.7 Å². The van der Waals surface area contributed by atoms with Crippen molar-refractivity contribution in [2.45, 2.75) is 4.90 Å². The summed E-state index contributed by atoms with van der Waals surface area (Å²) in [5.41, 5.74) is 0.743. The molecule has 0 radical (unpaired) electrons. The summed E-state index contributed by atoms with van der Waals surface area (Å²) in [6.07, 6.45) is 0.843. The summed E-state index contributed by atoms with van der Waals surface area (Å²) in [4.78, 5) is 14.9. The van der Waals surface area contributed by atoms with Crippen LogP contribution in [0.25, 0.3) is 5.52 Å². The van der Waals surface area contributed by atoms with Crippen molar-refractivity contribution in [3.63, 3.8) is 0 Å². The van der Waals surface area contributed by atoms with Crippen molar-refractivity contribution in [3.8, 4) is 0 Å². The Balaban J connectivity index is 2.06. The number of anilines is 1. The van der Waals surface area contributed by atoms with Crippen LogP contribution >= 0.6 is 12.2 Å². The zero-order valence-corrected chi connectivity index (χ0v) is 12.7. The number of piperazine rings is 1. The van der Waals surface area contributed by atoms with Crippen LogP contribution < -0.4 is 4.90 Å². The Morgan fingerprint density at radius 3 is 2.57 bits per heavy atom. The van der Waals surface area contributed by atoms with Gasteiger partial charge in [0.05, 0.1) is 10.4 Å². The van der Waals surface area contributed by atoms with E-state index in [1.54, 1.807) is 27.6 Å². The van der Waals surface area contributed by atoms with E-state index in [4.69, 9.17) is 12.2 Å². The third-order valence-electron chi connectivity index (χ3n) is 3.54. The highest BCUT2D eigenvalue weighted by molar-refractivity contribution is 7.79. The second kappa shape index (κ2) is 5.58. The van der Waals surface area contributed by atoms with Crippen molar-refractivity contribution in [2.75, 3.05) is 31.1 Å². The Labute approximate surface area is 128 Å². The SMILES string of the molecule is O=CN1CCN(c2cc(S(=O)O)cc3cc(=S)[nH]n23)CC1. The van der Waals surface area contributed by atoms with Crippen molar-refractivity contribution < 1.29 is 13.6 Å². The van der Waals surface area contributed by atoms with Crippen LogP contribution in [0.5, 0.6) is 0 Å². The van der Waals surface area contributed by atoms with Crippen molar-refractivity contribution in [1.29, 1.82) is 0 Å². The Hall–Kier alpha value is -1.71. The molecule has 1 saturated heterocycles. The third kappa shape index (κ3) is 2.71. The van der Waals surface area contributed by atoms with Gasteiger partial charge in [0.2, 0.25) is 6.41 Å². The zero-order chi connectivity index (χ0) is 15.0. The summed E-state index contributed by atoms with van der Waals surface area (Å²) in [5.74, 6) is 0.770. The molecule has 9 heteroatoms. The molecule has 0 aliphatic carbocycles. The van der Waals surface area contributed by atoms with Gasteiger partial charge in [0, 0.05) is 26.2 Å². The summed E-state index contributed by atoms with van der Waals surface area (Å²) in [6, 6.07) is 5.05. The van der Waals surface area contributed by atoms with Gasteiger partial charge in [-0.1, -0.05) is 12.2 Å². The van der Waals surface area contributed by atoms with Crippen LogP contribution in [0.1, 0.15) is 0 Å². The van der Waals surface area contributed by atoms with Gasteiger partial charge < -0.3 is 14.4 Å². The molecule has 2 aromatic heterocycles. The average Bonchev–Trinajstić information content (AvgIpc) is 2.86. The monoisotopic (exact) mass is 326 g/mol. The lowest BCUT2D eigenvalue weighted by Crippen LogP contribution is -2.46. The van der Waals surface area contributed by atoms with E-state index in [1.165, 1.54) is 0 Å². The van der Waals surface area contributed by atoms with Crippen LogP contribution in [0.4, 0.5) is 5.82 Å². The fourth-order valence-electron chi connectivity index (χ4n) is 2.47. The van der Waals surface area contributed by atoms with Crippen LogP contribution in [0.3, 0.4) is 0 Å². The minimum Gasteiger partial charge on any atom is -0.353 e. The number of carbonyl (C=O) groups is 1. The van der Waals surface area contributed by atoms with Crippen LogP contribution in [0, 0.1) is 4.64 Å². The van der Waals surface area contributed by atoms with E-state index >= 15 is 0 Å². The normalized spacial score (nSPS) is 17.2. The Morgan fingerprint density at radius 1 is 1.24 bits per heavy atom. The standard InChI is InChI=1S/C12H14N4O3S2/c17-8-14-1-3-15(4-2-14)12-7-10(21(18)19)5-9-6-11(20)13-16(9)12/h5-8H,1-4H2,(H,13,20)(H,18,19). The van der Waals surface area contributed by atoms with Gasteiger partial charge in [-0.3, -0.25) is 9.89 Å². The highest BCUT2D eigenvalue weighted by atomic mass is 32.2. The number of hydrogen-bond acceptors (Lipinski definition) is 4. The van der Waals surface area contributed by atoms with Crippen LogP contribution in [0.15, 0.2) is 23.1 Å². The van der Waals surface area contributed by atoms with Gasteiger partial charge in [0.15, 0.2) is 11.1 Å². The van der Waals surface area contributed by atoms with Crippen molar-refractivity contribution >= 4 is 41.0 Å². The molecular formula is C12H14N4O3S2. The van der Waals surface area contributed by atoms with E-state index < -0.39 is 11.1 Å². The number of aromatic amines is 1. The topological polar surface area (TPSA) is 81.1 Å². The number of nitrogens with one attached hydrogen (secondary N) is 1. The lowest BCUT2D eigenvalue weighted by Gasteiger charge is -2.34. The van der Waals surface area contributed by atoms with Gasteiger partial charge in [-0.25, -0.2) is 8.72 Å². The first-order valence-electron chi connectivity index (χ1n) is 6.39. The number of amides is 1. The second-order valence-corrected chi connectivity index (χ2v) is 6.22. The van der Waals surface area contributed by atoms with Gasteiger partial charge in [-0.05, 0) is 18.2 Å². The second-order valence-electron chi connectivity index (χ2n) is 4.81. The van der Waals surface area contributed by atoms with Crippen LogP contribution in [-0.4, -0.2) is 55.9 Å². The largest absolute Gasteiger partial charge is 0.353 e. The molecule has 2 aromatic rings. The predicted octanol–water partition coefficient (Wildman–Crippen LogP) is 0.856. The summed E-state index contributed by atoms with van der Waals surface area (Å²) >= 11 is 3.08. The molecule has 21 heavy (non-hydrogen) atoms. The maximum Gasteiger partial charge on any atom is 0.209 e. The molecule has 7 nitrogen and oxygen atoms in total. The summed E-state index contributed by atoms with van der Waals surface area (Å²) in [7, 11) is 0. The van der Waals surface area contributed by atoms with E-state index in [0.717, 1.165) is 17.7 Å². The number of nitrogens with zero attached hydrogens (tertiary/aromatic N) is 3. The molecule has 3 heterocycles. The number of carbonyl (C=O) groups excluding carboxylic acids is 1. The smallest absolute Gasteiger partial charge is 0.209 e. The van der Waals surface area contributed by atoms with Gasteiger partial charge >= 0.3 is 0 Å². The number of pyridine rings is 1. The quantitative estimate of drug-likeness (QED) is 0.497. The highest BCUT2D eigenvalue weighted by Crippen LogP contribution is 2.22. The van der Waals surface area contributed by atoms with Gasteiger partial charge in [-0.2, -0.15) is 0 Å². The van der Waals surface area contributed by atoms with Crippen molar-refractivity contribution in [1.82, 2.24) is 14.5 Å². The molecule has 1 atom stereocenters. The zero-order valence-electron chi connectivity index (χ0n) is 11.1. The average molecular weight is 326 g/mol. The number of hydrogen-bond donors (Lipinski definition) is 2. The molecule has 112 valence electrons. The number of fused-ring (bicyclic) bond motifs is 1. The fraction of sp³-hybridized carbons (Fsp3) is 0.333. The first-order chi connectivity index (χ1) is 10.1. The van der Waals surface area contributed by atoms with E-state index in [9.17, 15) is 13.6 Å². The van der Waals surface area contributed by atoms with Gasteiger partial charge in [0.25, 0.3) is 0 Å². The Bertz CT molecular complexity index is 761. The van der Waals surface area contributed by atoms with Gasteiger partial charge in [-0.15, -0.1) is 0 Å². The first kappa shape index (κ1) is 14.2. The van der Waals surface area contributed by atoms with Crippen molar-refractivity contribution in [3.05, 3.63) is 22.8 Å². The molecule has 0 aromatic carbocycles. The molecule has 0 saturated carbocycles. The molecule has 0 bridgehead atoms. The molecule has 1 fully saturated rings. The van der Waals surface area contributed by atoms with Gasteiger partial charge in [0.1, 0.15) is 10.5 Å². The van der Waals surface area contributed by atoms with Crippen LogP contribution in [0.2, 0.25) is 0 Å². The number of rotatable bonds is 3. The molecule has 2 N–H and O–H groups in total. The maximum absolute atomic E-state index is 11.4. The summed E-state index contributed by atoms with van der Waals surface area (Å²) in [6.45, 7) is 2.57. The molecule has 3 rings (SSSR count). The Kier molecular flexibility index (Phi) is 3.79. The molecular weight excluding hydrogens is 312 g/mol. The van der Waals surface area contributed by atoms with Crippen molar-refractivity contribution in [2.24, 2.45) is 0 Å². The molecule has 1 unspecified atom stereocenters. The lowest BCUT2D eigenvalue weighted by molar-refractivity contribution is -0.118. The summed E-state index contributed by atoms with van der Waals surface area (Å²) < 4.78 is 23.1. The molecule has 1 amide bonds. The maximum atomic E-state index is 11.4. The lowest BCUT2D eigenvalue weighted by atomic mass is 10.3. The third-order valence-corrected chi connectivity index (χ3v) is 4.39. The molecule has 0 spiro atoms. The van der Waals surface area contributed by atoms with Crippen LogP contribution in [-0.2, 0) is 15.9 Å². The molecule has 1 aliphatic rings. The number of aromatic nitrogens is 2. The minimum absolute atomic E-state index is 0.330. The minimum atomic E-state index is -2.05. The Morgan fingerprint density at radius 2 is 1.95 bits per heavy atom. The van der Waals surface area contributed by atoms with E-state index in [-0.39, 0.29) is 0 Å². The number of H-pyrrole nitrogens is 1. The predicted molar refractivity (Wildman–Crippen MR) is 81.5 cm³/mol. The van der Waals surface area contributed by atoms with E-state index in [1.807, 2.05) is 0 Å². The highest BCUT2D eigenvalue weighted by Gasteiger charge is 2.19. The first-order valence-corrected chi connectivity index (χ1v) is 7.91. The van der Waals surface area contributed by atoms with E-state index in [2.05, 4.69) is 10.00 Å². The summed E-state index contributed by atoms with van der Waals surface area (Å²) in [5, 5.41) is 3.04.